The number of thiophene rings is 1. The van der Waals surface area contributed by atoms with Gasteiger partial charge in [-0.3, -0.25) is 10.1 Å². The second-order valence-electron chi connectivity index (χ2n) is 6.77. The lowest BCUT2D eigenvalue weighted by molar-refractivity contribution is -0.134. The molecule has 3 saturated heterocycles. The van der Waals surface area contributed by atoms with Crippen LogP contribution in [0.25, 0.3) is 0 Å². The zero-order valence-electron chi connectivity index (χ0n) is 12.5. The van der Waals surface area contributed by atoms with Gasteiger partial charge in [-0.05, 0) is 47.6 Å². The van der Waals surface area contributed by atoms with E-state index in [1.807, 2.05) is 0 Å². The van der Waals surface area contributed by atoms with E-state index < -0.39 is 0 Å². The monoisotopic (exact) mass is 306 g/mol. The molecule has 5 unspecified atom stereocenters. The fourth-order valence-electron chi connectivity index (χ4n) is 4.03. The second kappa shape index (κ2) is 5.07. The van der Waals surface area contributed by atoms with Crippen LogP contribution in [0.3, 0.4) is 0 Å². The summed E-state index contributed by atoms with van der Waals surface area (Å²) >= 11 is 1.69. The summed E-state index contributed by atoms with van der Waals surface area (Å²) < 4.78 is 5.99. The van der Waals surface area contributed by atoms with Gasteiger partial charge in [0.15, 0.2) is 0 Å². The SMILES string of the molecule is CC(C)C1NC(c2ccsc2)N(C2CC3CCC2O3)C1=O. The summed E-state index contributed by atoms with van der Waals surface area (Å²) in [4.78, 5) is 15.0. The molecule has 3 aliphatic rings. The minimum absolute atomic E-state index is 0.0177. The summed E-state index contributed by atoms with van der Waals surface area (Å²) in [6, 6.07) is 2.30. The molecule has 21 heavy (non-hydrogen) atoms. The van der Waals surface area contributed by atoms with E-state index >= 15 is 0 Å². The maximum atomic E-state index is 12.9. The van der Waals surface area contributed by atoms with E-state index in [9.17, 15) is 4.79 Å². The van der Waals surface area contributed by atoms with Crippen molar-refractivity contribution in [1.29, 1.82) is 0 Å². The Morgan fingerprint density at radius 3 is 2.86 bits per heavy atom. The first-order valence-electron chi connectivity index (χ1n) is 7.91. The molecule has 114 valence electrons. The molecule has 3 fully saturated rings. The van der Waals surface area contributed by atoms with Gasteiger partial charge >= 0.3 is 0 Å². The molecule has 1 N–H and O–H groups in total. The average molecular weight is 306 g/mol. The van der Waals surface area contributed by atoms with Crippen LogP contribution in [0.15, 0.2) is 16.8 Å². The maximum Gasteiger partial charge on any atom is 0.241 e. The molecule has 5 heteroatoms. The number of amides is 1. The molecular weight excluding hydrogens is 284 g/mol. The molecule has 1 aromatic heterocycles. The summed E-state index contributed by atoms with van der Waals surface area (Å²) in [7, 11) is 0. The number of nitrogens with zero attached hydrogens (tertiary/aromatic N) is 1. The lowest BCUT2D eigenvalue weighted by Crippen LogP contribution is -2.45. The lowest BCUT2D eigenvalue weighted by atomic mass is 9.93. The van der Waals surface area contributed by atoms with Crippen molar-refractivity contribution >= 4 is 17.2 Å². The highest BCUT2D eigenvalue weighted by atomic mass is 32.1. The van der Waals surface area contributed by atoms with Gasteiger partial charge in [-0.2, -0.15) is 11.3 Å². The third kappa shape index (κ3) is 2.14. The highest BCUT2D eigenvalue weighted by Gasteiger charge is 2.51. The Bertz CT molecular complexity index is 530. The molecule has 4 heterocycles. The first kappa shape index (κ1) is 13.7. The summed E-state index contributed by atoms with van der Waals surface area (Å²) in [6.45, 7) is 4.22. The van der Waals surface area contributed by atoms with Gasteiger partial charge in [-0.25, -0.2) is 0 Å². The molecule has 4 nitrogen and oxygen atoms in total. The number of rotatable bonds is 3. The number of ether oxygens (including phenoxy) is 1. The number of hydrogen-bond donors (Lipinski definition) is 1. The summed E-state index contributed by atoms with van der Waals surface area (Å²) in [5.74, 6) is 0.561. The van der Waals surface area contributed by atoms with Crippen LogP contribution in [0, 0.1) is 5.92 Å². The van der Waals surface area contributed by atoms with Gasteiger partial charge in [0.1, 0.15) is 6.17 Å². The Morgan fingerprint density at radius 2 is 2.29 bits per heavy atom. The molecule has 5 atom stereocenters. The molecule has 1 aromatic rings. The third-order valence-electron chi connectivity index (χ3n) is 5.09. The number of hydrogen-bond acceptors (Lipinski definition) is 4. The Labute approximate surface area is 129 Å². The zero-order valence-corrected chi connectivity index (χ0v) is 13.3. The van der Waals surface area contributed by atoms with Crippen molar-refractivity contribution in [2.75, 3.05) is 0 Å². The highest BCUT2D eigenvalue weighted by molar-refractivity contribution is 7.07. The third-order valence-corrected chi connectivity index (χ3v) is 5.79. The van der Waals surface area contributed by atoms with Crippen LogP contribution in [0.5, 0.6) is 0 Å². The zero-order chi connectivity index (χ0) is 14.6. The molecule has 0 spiro atoms. The Hall–Kier alpha value is -0.910. The summed E-state index contributed by atoms with van der Waals surface area (Å²) in [5, 5.41) is 7.79. The van der Waals surface area contributed by atoms with Crippen LogP contribution >= 0.6 is 11.3 Å². The van der Waals surface area contributed by atoms with Crippen molar-refractivity contribution in [3.63, 3.8) is 0 Å². The molecule has 3 aliphatic heterocycles. The number of nitrogens with one attached hydrogen (secondary N) is 1. The largest absolute Gasteiger partial charge is 0.373 e. The van der Waals surface area contributed by atoms with E-state index in [1.54, 1.807) is 11.3 Å². The lowest BCUT2D eigenvalue weighted by Gasteiger charge is -2.33. The van der Waals surface area contributed by atoms with Gasteiger partial charge in [0, 0.05) is 0 Å². The van der Waals surface area contributed by atoms with Crippen molar-refractivity contribution in [2.45, 2.75) is 63.6 Å². The average Bonchev–Trinajstić information content (AvgIpc) is 3.21. The van der Waals surface area contributed by atoms with Crippen molar-refractivity contribution in [3.05, 3.63) is 22.4 Å². The number of carbonyl (C=O) groups excluding carboxylic acids is 1. The number of carbonyl (C=O) groups is 1. The number of fused-ring (bicyclic) bond motifs is 2. The van der Waals surface area contributed by atoms with Crippen LogP contribution in [0.2, 0.25) is 0 Å². The molecule has 0 aromatic carbocycles. The molecule has 0 radical (unpaired) electrons. The Balaban J connectivity index is 1.66. The first-order chi connectivity index (χ1) is 10.1. The van der Waals surface area contributed by atoms with Crippen molar-refractivity contribution in [1.82, 2.24) is 10.2 Å². The minimum Gasteiger partial charge on any atom is -0.373 e. The molecule has 0 saturated carbocycles. The van der Waals surface area contributed by atoms with Gasteiger partial charge in [-0.1, -0.05) is 13.8 Å². The van der Waals surface area contributed by atoms with Crippen LogP contribution < -0.4 is 5.32 Å². The maximum absolute atomic E-state index is 12.9. The second-order valence-corrected chi connectivity index (χ2v) is 7.55. The van der Waals surface area contributed by atoms with Crippen LogP contribution in [0.4, 0.5) is 0 Å². The van der Waals surface area contributed by atoms with Gasteiger partial charge in [0.2, 0.25) is 5.91 Å². The fourth-order valence-corrected chi connectivity index (χ4v) is 4.71. The molecule has 2 bridgehead atoms. The topological polar surface area (TPSA) is 41.6 Å². The summed E-state index contributed by atoms with van der Waals surface area (Å²) in [6.07, 6.45) is 3.89. The predicted molar refractivity (Wildman–Crippen MR) is 82.0 cm³/mol. The van der Waals surface area contributed by atoms with E-state index in [0.29, 0.717) is 12.0 Å². The smallest absolute Gasteiger partial charge is 0.241 e. The normalized spacial score (nSPS) is 38.9. The summed E-state index contributed by atoms with van der Waals surface area (Å²) in [5.41, 5.74) is 1.21. The molecule has 1 amide bonds. The van der Waals surface area contributed by atoms with Crippen LogP contribution in [0.1, 0.15) is 44.8 Å². The van der Waals surface area contributed by atoms with Crippen LogP contribution in [-0.2, 0) is 9.53 Å². The van der Waals surface area contributed by atoms with Gasteiger partial charge in [0.05, 0.1) is 24.3 Å². The minimum atomic E-state index is -0.0750. The highest BCUT2D eigenvalue weighted by Crippen LogP contribution is 2.42. The molecule has 4 rings (SSSR count). The molecular formula is C16H22N2O2S. The van der Waals surface area contributed by atoms with E-state index in [4.69, 9.17) is 4.74 Å². The van der Waals surface area contributed by atoms with E-state index in [1.165, 1.54) is 5.56 Å². The van der Waals surface area contributed by atoms with Gasteiger partial charge in [-0.15, -0.1) is 0 Å². The quantitative estimate of drug-likeness (QED) is 0.933. The van der Waals surface area contributed by atoms with E-state index in [0.717, 1.165) is 19.3 Å². The Kier molecular flexibility index (Phi) is 3.32. The predicted octanol–water partition coefficient (Wildman–Crippen LogP) is 2.52. The van der Waals surface area contributed by atoms with E-state index in [-0.39, 0.29) is 30.3 Å². The van der Waals surface area contributed by atoms with Crippen molar-refractivity contribution in [3.8, 4) is 0 Å². The van der Waals surface area contributed by atoms with E-state index in [2.05, 4.69) is 40.9 Å². The fraction of sp³-hybridized carbons (Fsp3) is 0.688. The standard InChI is InChI=1S/C16H22N2O2S/c1-9(2)14-16(19)18(12-7-11-3-4-13(12)20-11)15(17-14)10-5-6-21-8-10/h5-6,8-9,11-15,17H,3-4,7H2,1-2H3. The van der Waals surface area contributed by atoms with Crippen molar-refractivity contribution < 1.29 is 9.53 Å². The Morgan fingerprint density at radius 1 is 1.43 bits per heavy atom. The van der Waals surface area contributed by atoms with Crippen LogP contribution in [-0.4, -0.2) is 35.1 Å². The molecule has 0 aliphatic carbocycles. The first-order valence-corrected chi connectivity index (χ1v) is 8.85. The van der Waals surface area contributed by atoms with Gasteiger partial charge in [0.25, 0.3) is 0 Å². The van der Waals surface area contributed by atoms with Crippen molar-refractivity contribution in [2.24, 2.45) is 5.92 Å². The van der Waals surface area contributed by atoms with Gasteiger partial charge < -0.3 is 9.64 Å².